The highest BCUT2D eigenvalue weighted by molar-refractivity contribution is 7.84. The molecule has 0 amide bonds. The Morgan fingerprint density at radius 2 is 2.06 bits per heavy atom. The molecule has 1 N–H and O–H groups in total. The van der Waals surface area contributed by atoms with Crippen LogP contribution < -0.4 is 5.32 Å². The summed E-state index contributed by atoms with van der Waals surface area (Å²) < 4.78 is 11.2. The second-order valence-electron chi connectivity index (χ2n) is 4.06. The molecule has 0 saturated carbocycles. The molecule has 0 aromatic carbocycles. The summed E-state index contributed by atoms with van der Waals surface area (Å²) in [7, 11) is -0.781. The van der Waals surface area contributed by atoms with Crippen molar-refractivity contribution in [1.82, 2.24) is 9.97 Å². The van der Waals surface area contributed by atoms with Gasteiger partial charge >= 0.3 is 0 Å². The highest BCUT2D eigenvalue weighted by Gasteiger charge is 2.09. The van der Waals surface area contributed by atoms with Crippen LogP contribution in [0.5, 0.6) is 0 Å². The smallest absolute Gasteiger partial charge is 0.137 e. The van der Waals surface area contributed by atoms with Gasteiger partial charge in [0, 0.05) is 34.4 Å². The Morgan fingerprint density at radius 1 is 1.41 bits per heavy atom. The fraction of sp³-hybridized carbons (Fsp3) is 0.636. The summed E-state index contributed by atoms with van der Waals surface area (Å²) in [5, 5.41) is 3.87. The first kappa shape index (κ1) is 14.4. The summed E-state index contributed by atoms with van der Waals surface area (Å²) >= 11 is 5.97. The zero-order valence-corrected chi connectivity index (χ0v) is 12.2. The summed E-state index contributed by atoms with van der Waals surface area (Å²) in [5.41, 5.74) is 0.850. The molecule has 96 valence electrons. The highest BCUT2D eigenvalue weighted by atomic mass is 35.5. The first-order valence-corrected chi connectivity index (χ1v) is 7.48. The van der Waals surface area contributed by atoms with Crippen molar-refractivity contribution in [2.24, 2.45) is 0 Å². The molecule has 0 saturated heterocycles. The fourth-order valence-corrected chi connectivity index (χ4v) is 1.99. The molecule has 6 heteroatoms. The van der Waals surface area contributed by atoms with Gasteiger partial charge in [-0.15, -0.1) is 0 Å². The summed E-state index contributed by atoms with van der Waals surface area (Å²) in [6, 6.07) is 0. The molecule has 0 aliphatic heterocycles. The standard InChI is InChI=1S/C11H18ClN3OS/c1-7(17(4)16)5-6-13-11-8(2)10(12)14-9(3)15-11/h7H,5-6H2,1-4H3,(H,13,14,15). The van der Waals surface area contributed by atoms with E-state index in [1.165, 1.54) is 0 Å². The van der Waals surface area contributed by atoms with Gasteiger partial charge in [0.25, 0.3) is 0 Å². The molecule has 2 unspecified atom stereocenters. The molecule has 1 aromatic rings. The fourth-order valence-electron chi connectivity index (χ4n) is 1.33. The van der Waals surface area contributed by atoms with E-state index in [9.17, 15) is 4.21 Å². The van der Waals surface area contributed by atoms with Crippen molar-refractivity contribution >= 4 is 28.2 Å². The quantitative estimate of drug-likeness (QED) is 0.838. The third kappa shape index (κ3) is 4.24. The maximum absolute atomic E-state index is 11.2. The van der Waals surface area contributed by atoms with Gasteiger partial charge in [0.2, 0.25) is 0 Å². The highest BCUT2D eigenvalue weighted by Crippen LogP contribution is 2.19. The zero-order chi connectivity index (χ0) is 13.0. The molecule has 1 aromatic heterocycles. The lowest BCUT2D eigenvalue weighted by molar-refractivity contribution is 0.672. The maximum Gasteiger partial charge on any atom is 0.137 e. The number of anilines is 1. The van der Waals surface area contributed by atoms with Crippen LogP contribution in [0.25, 0.3) is 0 Å². The topological polar surface area (TPSA) is 54.9 Å². The average Bonchev–Trinajstić information content (AvgIpc) is 2.24. The van der Waals surface area contributed by atoms with Crippen LogP contribution in [0.15, 0.2) is 0 Å². The molecule has 0 spiro atoms. The molecule has 2 atom stereocenters. The van der Waals surface area contributed by atoms with E-state index < -0.39 is 10.8 Å². The monoisotopic (exact) mass is 275 g/mol. The summed E-state index contributed by atoms with van der Waals surface area (Å²) in [6.07, 6.45) is 2.56. The van der Waals surface area contributed by atoms with E-state index in [4.69, 9.17) is 11.6 Å². The number of hydrogen-bond donors (Lipinski definition) is 1. The minimum Gasteiger partial charge on any atom is -0.370 e. The van der Waals surface area contributed by atoms with Gasteiger partial charge in [0.05, 0.1) is 0 Å². The Bertz CT molecular complexity index is 425. The number of hydrogen-bond acceptors (Lipinski definition) is 4. The van der Waals surface area contributed by atoms with E-state index in [1.54, 1.807) is 13.2 Å². The molecular weight excluding hydrogens is 258 g/mol. The molecule has 0 aliphatic carbocycles. The molecule has 4 nitrogen and oxygen atoms in total. The zero-order valence-electron chi connectivity index (χ0n) is 10.6. The number of rotatable bonds is 5. The van der Waals surface area contributed by atoms with Crippen molar-refractivity contribution in [2.45, 2.75) is 32.4 Å². The van der Waals surface area contributed by atoms with Crippen molar-refractivity contribution in [3.05, 3.63) is 16.5 Å². The van der Waals surface area contributed by atoms with Crippen molar-refractivity contribution in [3.63, 3.8) is 0 Å². The van der Waals surface area contributed by atoms with Gasteiger partial charge in [-0.1, -0.05) is 18.5 Å². The molecular formula is C11H18ClN3OS. The number of aromatic nitrogens is 2. The predicted molar refractivity (Wildman–Crippen MR) is 73.2 cm³/mol. The van der Waals surface area contributed by atoms with Crippen molar-refractivity contribution in [3.8, 4) is 0 Å². The molecule has 17 heavy (non-hydrogen) atoms. The number of halogens is 1. The Kier molecular flexibility index (Phi) is 5.33. The van der Waals surface area contributed by atoms with Crippen molar-refractivity contribution < 1.29 is 4.21 Å². The minimum absolute atomic E-state index is 0.182. The number of nitrogens with zero attached hydrogens (tertiary/aromatic N) is 2. The van der Waals surface area contributed by atoms with Crippen LogP contribution in [0.3, 0.4) is 0 Å². The normalized spacial score (nSPS) is 14.4. The number of nitrogens with one attached hydrogen (secondary N) is 1. The van der Waals surface area contributed by atoms with Gasteiger partial charge in [0.1, 0.15) is 16.8 Å². The van der Waals surface area contributed by atoms with Gasteiger partial charge in [-0.3, -0.25) is 4.21 Å². The summed E-state index contributed by atoms with van der Waals surface area (Å²) in [4.78, 5) is 8.36. The number of aryl methyl sites for hydroxylation is 1. The van der Waals surface area contributed by atoms with Crippen LogP contribution in [0, 0.1) is 13.8 Å². The van der Waals surface area contributed by atoms with Gasteiger partial charge in [0.15, 0.2) is 0 Å². The molecule has 0 bridgehead atoms. The predicted octanol–water partition coefficient (Wildman–Crippen LogP) is 2.32. The van der Waals surface area contributed by atoms with Crippen molar-refractivity contribution in [2.75, 3.05) is 18.1 Å². The Labute approximate surface area is 110 Å². The van der Waals surface area contributed by atoms with Crippen LogP contribution in [0.1, 0.15) is 24.7 Å². The van der Waals surface area contributed by atoms with E-state index in [1.807, 2.05) is 13.8 Å². The van der Waals surface area contributed by atoms with E-state index in [-0.39, 0.29) is 5.25 Å². The van der Waals surface area contributed by atoms with Crippen molar-refractivity contribution in [1.29, 1.82) is 0 Å². The third-order valence-corrected chi connectivity index (χ3v) is 4.35. The Balaban J connectivity index is 2.61. The van der Waals surface area contributed by atoms with Gasteiger partial charge in [-0.25, -0.2) is 9.97 Å². The van der Waals surface area contributed by atoms with Gasteiger partial charge in [-0.05, 0) is 20.3 Å². The van der Waals surface area contributed by atoms with Gasteiger partial charge in [-0.2, -0.15) is 0 Å². The lowest BCUT2D eigenvalue weighted by Gasteiger charge is -2.12. The van der Waals surface area contributed by atoms with E-state index in [0.29, 0.717) is 11.0 Å². The second kappa shape index (κ2) is 6.31. The van der Waals surface area contributed by atoms with Gasteiger partial charge < -0.3 is 5.32 Å². The Morgan fingerprint density at radius 3 is 2.65 bits per heavy atom. The lowest BCUT2D eigenvalue weighted by Crippen LogP contribution is -2.16. The minimum atomic E-state index is -0.781. The molecule has 0 fully saturated rings. The van der Waals surface area contributed by atoms with Crippen LogP contribution in [0.4, 0.5) is 5.82 Å². The van der Waals surface area contributed by atoms with Crippen LogP contribution in [-0.4, -0.2) is 32.2 Å². The molecule has 0 aliphatic rings. The lowest BCUT2D eigenvalue weighted by atomic mass is 10.3. The average molecular weight is 276 g/mol. The van der Waals surface area contributed by atoms with Crippen LogP contribution in [-0.2, 0) is 10.8 Å². The third-order valence-electron chi connectivity index (χ3n) is 2.61. The molecule has 1 heterocycles. The maximum atomic E-state index is 11.2. The first-order chi connectivity index (χ1) is 7.91. The Hall–Kier alpha value is -0.680. The SMILES string of the molecule is Cc1nc(Cl)c(C)c(NCCC(C)S(C)=O)n1. The summed E-state index contributed by atoms with van der Waals surface area (Å²) in [5.74, 6) is 1.41. The van der Waals surface area contributed by atoms with E-state index >= 15 is 0 Å². The first-order valence-electron chi connectivity index (χ1n) is 5.48. The summed E-state index contributed by atoms with van der Waals surface area (Å²) in [6.45, 7) is 6.39. The van der Waals surface area contributed by atoms with E-state index in [2.05, 4.69) is 15.3 Å². The molecule has 1 rings (SSSR count). The van der Waals surface area contributed by atoms with Crippen LogP contribution in [0.2, 0.25) is 5.15 Å². The largest absolute Gasteiger partial charge is 0.370 e. The van der Waals surface area contributed by atoms with E-state index in [0.717, 1.165) is 24.3 Å². The van der Waals surface area contributed by atoms with Crippen LogP contribution >= 0.6 is 11.6 Å². The second-order valence-corrected chi connectivity index (χ2v) is 6.22. The molecule has 0 radical (unpaired) electrons.